The summed E-state index contributed by atoms with van der Waals surface area (Å²) in [5.74, 6) is 0.853. The Kier molecular flexibility index (Phi) is 3.37. The first-order chi connectivity index (χ1) is 7.78. The Hall–Kier alpha value is -1.61. The lowest BCUT2D eigenvalue weighted by atomic mass is 10.1. The molecule has 0 fully saturated rings. The van der Waals surface area contributed by atoms with Crippen LogP contribution in [0, 0.1) is 0 Å². The number of halogens is 1. The molecule has 0 N–H and O–H groups in total. The third-order valence-corrected chi connectivity index (χ3v) is 2.43. The minimum Gasteiger partial charge on any atom is -0.497 e. The largest absolute Gasteiger partial charge is 0.497 e. The van der Waals surface area contributed by atoms with E-state index in [-0.39, 0.29) is 0 Å². The molecule has 1 aromatic carbocycles. The Balaban J connectivity index is 2.11. The van der Waals surface area contributed by atoms with Crippen molar-refractivity contribution in [2.45, 2.75) is 6.42 Å². The van der Waals surface area contributed by atoms with Crippen LogP contribution in [0.2, 0.25) is 5.15 Å². The van der Waals surface area contributed by atoms with Gasteiger partial charge in [0, 0.05) is 6.42 Å². The number of nitrogens with zero attached hydrogens (tertiary/aromatic N) is 2. The highest BCUT2D eigenvalue weighted by molar-refractivity contribution is 6.29. The van der Waals surface area contributed by atoms with Crippen molar-refractivity contribution in [3.63, 3.8) is 0 Å². The topological polar surface area (TPSA) is 35.0 Å². The molecule has 0 aliphatic carbocycles. The van der Waals surface area contributed by atoms with Gasteiger partial charge in [-0.15, -0.1) is 5.10 Å². The summed E-state index contributed by atoms with van der Waals surface area (Å²) in [5, 5.41) is 8.22. The van der Waals surface area contributed by atoms with Crippen molar-refractivity contribution in [3.05, 3.63) is 52.8 Å². The summed E-state index contributed by atoms with van der Waals surface area (Å²) < 4.78 is 5.09. The van der Waals surface area contributed by atoms with Gasteiger partial charge >= 0.3 is 0 Å². The molecule has 0 atom stereocenters. The molecule has 4 heteroatoms. The predicted molar refractivity (Wildman–Crippen MR) is 62.8 cm³/mol. The highest BCUT2D eigenvalue weighted by Gasteiger charge is 1.99. The second-order valence-electron chi connectivity index (χ2n) is 3.37. The first kappa shape index (κ1) is 10.9. The van der Waals surface area contributed by atoms with Crippen molar-refractivity contribution >= 4 is 11.6 Å². The van der Waals surface area contributed by atoms with Crippen molar-refractivity contribution < 1.29 is 4.74 Å². The molecule has 0 radical (unpaired) electrons. The van der Waals surface area contributed by atoms with Gasteiger partial charge in [0.05, 0.1) is 12.8 Å². The molecule has 0 saturated carbocycles. The minimum absolute atomic E-state index is 0.415. The molecule has 2 aromatic rings. The van der Waals surface area contributed by atoms with E-state index in [1.165, 1.54) is 0 Å². The zero-order valence-corrected chi connectivity index (χ0v) is 9.61. The second kappa shape index (κ2) is 4.94. The molecule has 3 nitrogen and oxygen atoms in total. The molecule has 0 aliphatic heterocycles. The molecule has 0 aliphatic rings. The Bertz CT molecular complexity index is 453. The van der Waals surface area contributed by atoms with Gasteiger partial charge < -0.3 is 4.74 Å². The molecule has 1 aromatic heterocycles. The van der Waals surface area contributed by atoms with Crippen LogP contribution in [0.1, 0.15) is 11.3 Å². The van der Waals surface area contributed by atoms with Crippen molar-refractivity contribution in [3.8, 4) is 5.75 Å². The third-order valence-electron chi connectivity index (χ3n) is 2.23. The fraction of sp³-hybridized carbons (Fsp3) is 0.167. The number of ether oxygens (including phenoxy) is 1. The van der Waals surface area contributed by atoms with Crippen LogP contribution in [0.5, 0.6) is 5.75 Å². The van der Waals surface area contributed by atoms with Crippen molar-refractivity contribution in [2.24, 2.45) is 0 Å². The van der Waals surface area contributed by atoms with E-state index in [9.17, 15) is 0 Å². The molecule has 0 spiro atoms. The average molecular weight is 235 g/mol. The van der Waals surface area contributed by atoms with Gasteiger partial charge in [0.1, 0.15) is 5.75 Å². The highest BCUT2D eigenvalue weighted by atomic mass is 35.5. The fourth-order valence-corrected chi connectivity index (χ4v) is 1.49. The van der Waals surface area contributed by atoms with Crippen molar-refractivity contribution in [1.29, 1.82) is 0 Å². The van der Waals surface area contributed by atoms with Gasteiger partial charge in [-0.2, -0.15) is 5.10 Å². The van der Waals surface area contributed by atoms with Crippen LogP contribution in [0.15, 0.2) is 36.4 Å². The van der Waals surface area contributed by atoms with Crippen LogP contribution in [-0.2, 0) is 6.42 Å². The van der Waals surface area contributed by atoms with Gasteiger partial charge in [-0.25, -0.2) is 0 Å². The zero-order chi connectivity index (χ0) is 11.4. The number of benzene rings is 1. The van der Waals surface area contributed by atoms with Crippen LogP contribution >= 0.6 is 11.6 Å². The van der Waals surface area contributed by atoms with Crippen molar-refractivity contribution in [1.82, 2.24) is 10.2 Å². The monoisotopic (exact) mass is 234 g/mol. The third kappa shape index (κ3) is 2.70. The molecular weight excluding hydrogens is 224 g/mol. The summed E-state index contributed by atoms with van der Waals surface area (Å²) >= 11 is 5.66. The fourth-order valence-electron chi connectivity index (χ4n) is 1.39. The van der Waals surface area contributed by atoms with Crippen LogP contribution in [0.25, 0.3) is 0 Å². The van der Waals surface area contributed by atoms with Crippen molar-refractivity contribution in [2.75, 3.05) is 7.11 Å². The van der Waals surface area contributed by atoms with E-state index in [4.69, 9.17) is 16.3 Å². The number of hydrogen-bond acceptors (Lipinski definition) is 3. The number of hydrogen-bond donors (Lipinski definition) is 0. The summed E-state index contributed by atoms with van der Waals surface area (Å²) in [6, 6.07) is 11.5. The Morgan fingerprint density at radius 1 is 1.06 bits per heavy atom. The lowest BCUT2D eigenvalue weighted by Gasteiger charge is -2.02. The first-order valence-corrected chi connectivity index (χ1v) is 5.27. The zero-order valence-electron chi connectivity index (χ0n) is 8.85. The van der Waals surface area contributed by atoms with E-state index in [1.54, 1.807) is 13.2 Å². The lowest BCUT2D eigenvalue weighted by molar-refractivity contribution is 0.414. The van der Waals surface area contributed by atoms with Gasteiger partial charge in [0.15, 0.2) is 5.15 Å². The average Bonchev–Trinajstić information content (AvgIpc) is 2.33. The number of methoxy groups -OCH3 is 1. The standard InChI is InChI=1S/C12H11ClN2O/c1-16-11-5-2-9(3-6-11)8-10-4-7-12(13)15-14-10/h2-7H,8H2,1H3. The molecular formula is C12H11ClN2O. The van der Waals surface area contributed by atoms with Crippen LogP contribution in [0.3, 0.4) is 0 Å². The first-order valence-electron chi connectivity index (χ1n) is 4.89. The molecule has 2 rings (SSSR count). The van der Waals surface area contributed by atoms with Gasteiger partial charge in [-0.1, -0.05) is 23.7 Å². The Morgan fingerprint density at radius 3 is 2.38 bits per heavy atom. The lowest BCUT2D eigenvalue weighted by Crippen LogP contribution is -1.94. The van der Waals surface area contributed by atoms with Crippen LogP contribution in [0.4, 0.5) is 0 Å². The quantitative estimate of drug-likeness (QED) is 0.819. The maximum absolute atomic E-state index is 5.66. The minimum atomic E-state index is 0.415. The summed E-state index contributed by atoms with van der Waals surface area (Å²) in [6.45, 7) is 0. The number of aromatic nitrogens is 2. The number of rotatable bonds is 3. The molecule has 0 unspecified atom stereocenters. The molecule has 16 heavy (non-hydrogen) atoms. The molecule has 82 valence electrons. The van der Waals surface area contributed by atoms with E-state index >= 15 is 0 Å². The van der Waals surface area contributed by atoms with E-state index in [2.05, 4.69) is 10.2 Å². The van der Waals surface area contributed by atoms with E-state index in [1.807, 2.05) is 30.3 Å². The predicted octanol–water partition coefficient (Wildman–Crippen LogP) is 2.73. The molecule has 0 amide bonds. The van der Waals surface area contributed by atoms with Gasteiger partial charge in [0.25, 0.3) is 0 Å². The van der Waals surface area contributed by atoms with E-state index in [0.717, 1.165) is 23.4 Å². The van der Waals surface area contributed by atoms with Gasteiger partial charge in [-0.3, -0.25) is 0 Å². The summed E-state index contributed by atoms with van der Waals surface area (Å²) in [5.41, 5.74) is 2.06. The van der Waals surface area contributed by atoms with Gasteiger partial charge in [-0.05, 0) is 29.8 Å². The maximum atomic E-state index is 5.66. The van der Waals surface area contributed by atoms with Crippen LogP contribution < -0.4 is 4.74 Å². The molecule has 1 heterocycles. The van der Waals surface area contributed by atoms with Gasteiger partial charge in [0.2, 0.25) is 0 Å². The smallest absolute Gasteiger partial charge is 0.151 e. The summed E-state index contributed by atoms with van der Waals surface area (Å²) in [6.07, 6.45) is 0.744. The normalized spacial score (nSPS) is 10.1. The SMILES string of the molecule is COc1ccc(Cc2ccc(Cl)nn2)cc1. The Labute approximate surface area is 99.0 Å². The Morgan fingerprint density at radius 2 is 1.81 bits per heavy atom. The maximum Gasteiger partial charge on any atom is 0.151 e. The van der Waals surface area contributed by atoms with E-state index < -0.39 is 0 Å². The van der Waals surface area contributed by atoms with E-state index in [0.29, 0.717) is 5.15 Å². The summed E-state index contributed by atoms with van der Waals surface area (Å²) in [7, 11) is 1.65. The highest BCUT2D eigenvalue weighted by Crippen LogP contribution is 2.14. The summed E-state index contributed by atoms with van der Waals surface area (Å²) in [4.78, 5) is 0. The van der Waals surface area contributed by atoms with Crippen LogP contribution in [-0.4, -0.2) is 17.3 Å². The second-order valence-corrected chi connectivity index (χ2v) is 3.76. The molecule has 0 saturated heterocycles. The molecule has 0 bridgehead atoms.